The lowest BCUT2D eigenvalue weighted by molar-refractivity contribution is 0.353. The summed E-state index contributed by atoms with van der Waals surface area (Å²) in [6, 6.07) is 9.56. The third kappa shape index (κ3) is 6.57. The molecule has 0 aromatic heterocycles. The summed E-state index contributed by atoms with van der Waals surface area (Å²) in [5.41, 5.74) is 1.45. The van der Waals surface area contributed by atoms with Crippen molar-refractivity contribution in [3.8, 4) is 0 Å². The summed E-state index contributed by atoms with van der Waals surface area (Å²) < 4.78 is 1.32. The molecule has 114 valence electrons. The van der Waals surface area contributed by atoms with Crippen LogP contribution in [0.5, 0.6) is 0 Å². The van der Waals surface area contributed by atoms with Gasteiger partial charge in [-0.25, -0.2) is 0 Å². The van der Waals surface area contributed by atoms with E-state index in [4.69, 9.17) is 0 Å². The molecule has 20 heavy (non-hydrogen) atoms. The standard InChI is InChI=1S/C18H30IN/c1-4-7-8-15(6-3)14-18(20-13-5-2)16-9-11-17(19)12-10-16/h9-12,15,18,20H,4-8,13-14H2,1-3H3. The molecular formula is C18H30IN. The van der Waals surface area contributed by atoms with E-state index < -0.39 is 0 Å². The largest absolute Gasteiger partial charge is 0.310 e. The maximum Gasteiger partial charge on any atom is 0.0322 e. The van der Waals surface area contributed by atoms with Crippen molar-refractivity contribution in [2.45, 2.75) is 65.3 Å². The molecule has 2 atom stereocenters. The summed E-state index contributed by atoms with van der Waals surface area (Å²) >= 11 is 2.38. The molecule has 2 heteroatoms. The molecule has 0 amide bonds. The van der Waals surface area contributed by atoms with Gasteiger partial charge in [-0.15, -0.1) is 0 Å². The van der Waals surface area contributed by atoms with Gasteiger partial charge in [0.2, 0.25) is 0 Å². The molecule has 0 radical (unpaired) electrons. The van der Waals surface area contributed by atoms with Gasteiger partial charge in [-0.2, -0.15) is 0 Å². The van der Waals surface area contributed by atoms with Crippen molar-refractivity contribution in [2.24, 2.45) is 5.92 Å². The Kier molecular flexibility index (Phi) is 9.53. The van der Waals surface area contributed by atoms with Crippen LogP contribution in [-0.4, -0.2) is 6.54 Å². The van der Waals surface area contributed by atoms with Crippen LogP contribution in [0, 0.1) is 9.49 Å². The van der Waals surface area contributed by atoms with E-state index in [9.17, 15) is 0 Å². The van der Waals surface area contributed by atoms with E-state index in [0.29, 0.717) is 6.04 Å². The Bertz CT molecular complexity index is 347. The Morgan fingerprint density at radius 3 is 2.30 bits per heavy atom. The van der Waals surface area contributed by atoms with E-state index >= 15 is 0 Å². The first-order valence-corrected chi connectivity index (χ1v) is 9.27. The lowest BCUT2D eigenvalue weighted by Crippen LogP contribution is -2.24. The first kappa shape index (κ1) is 18.0. The summed E-state index contributed by atoms with van der Waals surface area (Å²) in [4.78, 5) is 0. The minimum atomic E-state index is 0.522. The maximum absolute atomic E-state index is 3.74. The van der Waals surface area contributed by atoms with Gasteiger partial charge < -0.3 is 5.32 Å². The fourth-order valence-corrected chi connectivity index (χ4v) is 3.03. The third-order valence-electron chi connectivity index (χ3n) is 4.03. The molecule has 1 N–H and O–H groups in total. The van der Waals surface area contributed by atoms with Crippen molar-refractivity contribution < 1.29 is 0 Å². The Morgan fingerprint density at radius 1 is 1.05 bits per heavy atom. The summed E-state index contributed by atoms with van der Waals surface area (Å²) in [6.07, 6.45) is 7.83. The van der Waals surface area contributed by atoms with Crippen LogP contribution >= 0.6 is 22.6 Å². The van der Waals surface area contributed by atoms with Gasteiger partial charge in [0, 0.05) is 9.61 Å². The quantitative estimate of drug-likeness (QED) is 0.490. The molecule has 0 saturated carbocycles. The highest BCUT2D eigenvalue weighted by Gasteiger charge is 2.16. The zero-order valence-corrected chi connectivity index (χ0v) is 15.4. The molecule has 1 nitrogen and oxygen atoms in total. The molecule has 0 aliphatic heterocycles. The SMILES string of the molecule is CCCCC(CC)CC(NCCC)c1ccc(I)cc1. The van der Waals surface area contributed by atoms with Crippen LogP contribution in [0.2, 0.25) is 0 Å². The second-order valence-corrected chi connectivity index (χ2v) is 6.96. The number of benzene rings is 1. The Balaban J connectivity index is 2.69. The number of nitrogens with one attached hydrogen (secondary N) is 1. The minimum absolute atomic E-state index is 0.522. The number of halogens is 1. The summed E-state index contributed by atoms with van der Waals surface area (Å²) in [7, 11) is 0. The van der Waals surface area contributed by atoms with Crippen LogP contribution in [0.1, 0.15) is 70.9 Å². The fourth-order valence-electron chi connectivity index (χ4n) is 2.67. The van der Waals surface area contributed by atoms with Gasteiger partial charge in [0.1, 0.15) is 0 Å². The molecule has 1 rings (SSSR count). The smallest absolute Gasteiger partial charge is 0.0322 e. The Hall–Kier alpha value is -0.0900. The predicted molar refractivity (Wildman–Crippen MR) is 98.1 cm³/mol. The highest BCUT2D eigenvalue weighted by molar-refractivity contribution is 14.1. The number of hydrogen-bond acceptors (Lipinski definition) is 1. The van der Waals surface area contributed by atoms with E-state index in [1.807, 2.05) is 0 Å². The normalized spacial score (nSPS) is 14.2. The Morgan fingerprint density at radius 2 is 1.75 bits per heavy atom. The molecular weight excluding hydrogens is 357 g/mol. The van der Waals surface area contributed by atoms with Gasteiger partial charge in [-0.1, -0.05) is 58.6 Å². The second-order valence-electron chi connectivity index (χ2n) is 5.71. The average Bonchev–Trinajstić information content (AvgIpc) is 2.48. The topological polar surface area (TPSA) is 12.0 Å². The van der Waals surface area contributed by atoms with E-state index in [-0.39, 0.29) is 0 Å². The molecule has 1 aromatic rings. The molecule has 0 spiro atoms. The van der Waals surface area contributed by atoms with Crippen molar-refractivity contribution in [2.75, 3.05) is 6.54 Å². The summed E-state index contributed by atoms with van der Waals surface area (Å²) in [6.45, 7) is 7.98. The number of unbranched alkanes of at least 4 members (excludes halogenated alkanes) is 1. The van der Waals surface area contributed by atoms with Gasteiger partial charge in [-0.05, 0) is 65.6 Å². The van der Waals surface area contributed by atoms with Crippen molar-refractivity contribution in [3.05, 3.63) is 33.4 Å². The van der Waals surface area contributed by atoms with Crippen LogP contribution in [0.25, 0.3) is 0 Å². The second kappa shape index (κ2) is 10.6. The van der Waals surface area contributed by atoms with E-state index in [1.165, 1.54) is 47.7 Å². The molecule has 0 saturated heterocycles. The monoisotopic (exact) mass is 387 g/mol. The molecule has 0 aliphatic carbocycles. The van der Waals surface area contributed by atoms with Crippen LogP contribution in [0.3, 0.4) is 0 Å². The van der Waals surface area contributed by atoms with E-state index in [1.54, 1.807) is 0 Å². The zero-order chi connectivity index (χ0) is 14.8. The predicted octanol–water partition coefficient (Wildman–Crippen LogP) is 5.94. The molecule has 2 unspecified atom stereocenters. The molecule has 0 heterocycles. The van der Waals surface area contributed by atoms with Gasteiger partial charge in [0.05, 0.1) is 0 Å². The number of rotatable bonds is 10. The van der Waals surface area contributed by atoms with Crippen molar-refractivity contribution in [1.82, 2.24) is 5.32 Å². The number of hydrogen-bond donors (Lipinski definition) is 1. The minimum Gasteiger partial charge on any atom is -0.310 e. The summed E-state index contributed by atoms with van der Waals surface area (Å²) in [5, 5.41) is 3.74. The van der Waals surface area contributed by atoms with Gasteiger partial charge in [0.25, 0.3) is 0 Å². The highest BCUT2D eigenvalue weighted by Crippen LogP contribution is 2.27. The van der Waals surface area contributed by atoms with Crippen LogP contribution in [-0.2, 0) is 0 Å². The lowest BCUT2D eigenvalue weighted by Gasteiger charge is -2.24. The Labute approximate surface area is 139 Å². The van der Waals surface area contributed by atoms with E-state index in [2.05, 4.69) is 72.9 Å². The van der Waals surface area contributed by atoms with Crippen molar-refractivity contribution >= 4 is 22.6 Å². The van der Waals surface area contributed by atoms with Gasteiger partial charge in [-0.3, -0.25) is 0 Å². The van der Waals surface area contributed by atoms with Crippen LogP contribution in [0.15, 0.2) is 24.3 Å². The molecule has 0 bridgehead atoms. The van der Waals surface area contributed by atoms with Crippen LogP contribution < -0.4 is 5.32 Å². The van der Waals surface area contributed by atoms with Crippen molar-refractivity contribution in [3.63, 3.8) is 0 Å². The molecule has 0 fully saturated rings. The zero-order valence-electron chi connectivity index (χ0n) is 13.3. The van der Waals surface area contributed by atoms with Gasteiger partial charge in [0.15, 0.2) is 0 Å². The average molecular weight is 387 g/mol. The first-order chi connectivity index (χ1) is 9.71. The van der Waals surface area contributed by atoms with Crippen LogP contribution in [0.4, 0.5) is 0 Å². The fraction of sp³-hybridized carbons (Fsp3) is 0.667. The van der Waals surface area contributed by atoms with Gasteiger partial charge >= 0.3 is 0 Å². The molecule has 1 aromatic carbocycles. The lowest BCUT2D eigenvalue weighted by atomic mass is 9.89. The van der Waals surface area contributed by atoms with Crippen molar-refractivity contribution in [1.29, 1.82) is 0 Å². The van der Waals surface area contributed by atoms with E-state index in [0.717, 1.165) is 12.5 Å². The maximum atomic E-state index is 3.74. The summed E-state index contributed by atoms with van der Waals surface area (Å²) in [5.74, 6) is 0.851. The highest BCUT2D eigenvalue weighted by atomic mass is 127. The molecule has 0 aliphatic rings. The third-order valence-corrected chi connectivity index (χ3v) is 4.74. The first-order valence-electron chi connectivity index (χ1n) is 8.20.